The molecule has 1 amide bonds. The molecule has 0 aliphatic carbocycles. The lowest BCUT2D eigenvalue weighted by Crippen LogP contribution is -2.23. The fourth-order valence-electron chi connectivity index (χ4n) is 1.05. The Hall–Kier alpha value is -1.14. The third kappa shape index (κ3) is 4.70. The Balaban J connectivity index is 2.53. The molecular formula is C11H17N3O2S. The van der Waals surface area contributed by atoms with Crippen LogP contribution in [0.3, 0.4) is 0 Å². The number of carbonyl (C=O) groups is 1. The van der Waals surface area contributed by atoms with Crippen molar-refractivity contribution in [2.75, 3.05) is 18.9 Å². The quantitative estimate of drug-likeness (QED) is 0.740. The summed E-state index contributed by atoms with van der Waals surface area (Å²) in [5.74, 6) is 0.802. The summed E-state index contributed by atoms with van der Waals surface area (Å²) in [6, 6.07) is 3.43. The molecule has 1 aromatic rings. The predicted molar refractivity (Wildman–Crippen MR) is 67.0 cm³/mol. The molecule has 5 nitrogen and oxygen atoms in total. The summed E-state index contributed by atoms with van der Waals surface area (Å²) in [7, 11) is 0. The number of amides is 1. The monoisotopic (exact) mass is 255 g/mol. The average Bonchev–Trinajstić information content (AvgIpc) is 2.36. The lowest BCUT2D eigenvalue weighted by molar-refractivity contribution is 0.0949. The minimum Gasteiger partial charge on any atom is -0.396 e. The fourth-order valence-corrected chi connectivity index (χ4v) is 1.87. The highest BCUT2D eigenvalue weighted by molar-refractivity contribution is 7.99. The molecule has 1 atom stereocenters. The fraction of sp³-hybridized carbons (Fsp3) is 0.545. The van der Waals surface area contributed by atoms with Crippen molar-refractivity contribution in [1.29, 1.82) is 0 Å². The SMILES string of the molecule is CCNC(=O)c1ccc(SCC(C)CO)nn1. The number of hydrogen-bond acceptors (Lipinski definition) is 5. The Morgan fingerprint density at radius 1 is 1.53 bits per heavy atom. The van der Waals surface area contributed by atoms with Gasteiger partial charge in [0.05, 0.1) is 0 Å². The van der Waals surface area contributed by atoms with E-state index in [9.17, 15) is 4.79 Å². The van der Waals surface area contributed by atoms with Crippen molar-refractivity contribution in [3.05, 3.63) is 17.8 Å². The molecule has 0 bridgehead atoms. The van der Waals surface area contributed by atoms with E-state index in [2.05, 4.69) is 15.5 Å². The summed E-state index contributed by atoms with van der Waals surface area (Å²) >= 11 is 1.52. The van der Waals surface area contributed by atoms with Gasteiger partial charge in [-0.2, -0.15) is 0 Å². The van der Waals surface area contributed by atoms with Crippen LogP contribution in [0.1, 0.15) is 24.3 Å². The smallest absolute Gasteiger partial charge is 0.271 e. The molecule has 0 fully saturated rings. The van der Waals surface area contributed by atoms with E-state index in [1.54, 1.807) is 12.1 Å². The second-order valence-corrected chi connectivity index (χ2v) is 4.76. The minimum absolute atomic E-state index is 0.164. The van der Waals surface area contributed by atoms with Crippen LogP contribution < -0.4 is 5.32 Å². The zero-order valence-electron chi connectivity index (χ0n) is 10.0. The Labute approximate surface area is 105 Å². The number of rotatable bonds is 6. The minimum atomic E-state index is -0.208. The molecule has 6 heteroatoms. The molecule has 1 aromatic heterocycles. The number of aromatic nitrogens is 2. The molecule has 1 rings (SSSR count). The summed E-state index contributed by atoms with van der Waals surface area (Å²) in [6.07, 6.45) is 0. The van der Waals surface area contributed by atoms with Gasteiger partial charge in [-0.05, 0) is 25.0 Å². The maximum Gasteiger partial charge on any atom is 0.271 e. The van der Waals surface area contributed by atoms with Crippen LogP contribution in [-0.4, -0.2) is 40.1 Å². The molecular weight excluding hydrogens is 238 g/mol. The van der Waals surface area contributed by atoms with Crippen LogP contribution in [0, 0.1) is 5.92 Å². The van der Waals surface area contributed by atoms with Crippen LogP contribution in [-0.2, 0) is 0 Å². The normalized spacial score (nSPS) is 12.2. The molecule has 1 unspecified atom stereocenters. The summed E-state index contributed by atoms with van der Waals surface area (Å²) in [6.45, 7) is 4.55. The van der Waals surface area contributed by atoms with E-state index in [1.165, 1.54) is 11.8 Å². The molecule has 0 aliphatic rings. The van der Waals surface area contributed by atoms with Crippen molar-refractivity contribution in [3.8, 4) is 0 Å². The molecule has 2 N–H and O–H groups in total. The number of thioether (sulfide) groups is 1. The second-order valence-electron chi connectivity index (χ2n) is 3.72. The van der Waals surface area contributed by atoms with E-state index in [0.717, 1.165) is 10.8 Å². The number of carbonyl (C=O) groups excluding carboxylic acids is 1. The number of nitrogens with one attached hydrogen (secondary N) is 1. The lowest BCUT2D eigenvalue weighted by Gasteiger charge is -2.06. The third-order valence-electron chi connectivity index (χ3n) is 2.04. The van der Waals surface area contributed by atoms with Crippen LogP contribution in [0.15, 0.2) is 17.2 Å². The first-order valence-corrected chi connectivity index (χ1v) is 6.51. The molecule has 0 spiro atoms. The lowest BCUT2D eigenvalue weighted by atomic mass is 10.2. The number of aliphatic hydroxyl groups is 1. The highest BCUT2D eigenvalue weighted by Crippen LogP contribution is 2.17. The summed E-state index contributed by atoms with van der Waals surface area (Å²) in [5.41, 5.74) is 0.325. The molecule has 0 aromatic carbocycles. The first-order chi connectivity index (χ1) is 8.17. The molecule has 94 valence electrons. The molecule has 1 heterocycles. The van der Waals surface area contributed by atoms with Gasteiger partial charge in [0.25, 0.3) is 5.91 Å². The zero-order chi connectivity index (χ0) is 12.7. The van der Waals surface area contributed by atoms with E-state index in [4.69, 9.17) is 5.11 Å². The third-order valence-corrected chi connectivity index (χ3v) is 3.29. The Morgan fingerprint density at radius 3 is 2.82 bits per heavy atom. The van der Waals surface area contributed by atoms with Gasteiger partial charge in [0.2, 0.25) is 0 Å². The standard InChI is InChI=1S/C11H17N3O2S/c1-3-12-11(16)9-4-5-10(14-13-9)17-7-8(2)6-15/h4-5,8,15H,3,6-7H2,1-2H3,(H,12,16). The van der Waals surface area contributed by atoms with Crippen molar-refractivity contribution in [1.82, 2.24) is 15.5 Å². The topological polar surface area (TPSA) is 75.1 Å². The van der Waals surface area contributed by atoms with Gasteiger partial charge in [0, 0.05) is 18.9 Å². The maximum absolute atomic E-state index is 11.4. The van der Waals surface area contributed by atoms with Gasteiger partial charge < -0.3 is 10.4 Å². The number of hydrogen-bond donors (Lipinski definition) is 2. The van der Waals surface area contributed by atoms with E-state index < -0.39 is 0 Å². The molecule has 0 saturated heterocycles. The van der Waals surface area contributed by atoms with E-state index >= 15 is 0 Å². The highest BCUT2D eigenvalue weighted by atomic mass is 32.2. The van der Waals surface area contributed by atoms with Gasteiger partial charge in [0.1, 0.15) is 5.03 Å². The van der Waals surface area contributed by atoms with Gasteiger partial charge in [-0.3, -0.25) is 4.79 Å². The average molecular weight is 255 g/mol. The van der Waals surface area contributed by atoms with Crippen LogP contribution in [0.25, 0.3) is 0 Å². The van der Waals surface area contributed by atoms with Crippen LogP contribution >= 0.6 is 11.8 Å². The first-order valence-electron chi connectivity index (χ1n) is 5.53. The van der Waals surface area contributed by atoms with Crippen molar-refractivity contribution in [2.24, 2.45) is 5.92 Å². The Morgan fingerprint density at radius 2 is 2.29 bits per heavy atom. The largest absolute Gasteiger partial charge is 0.396 e. The van der Waals surface area contributed by atoms with Crippen LogP contribution in [0.2, 0.25) is 0 Å². The molecule has 0 aliphatic heterocycles. The molecule has 0 radical (unpaired) electrons. The van der Waals surface area contributed by atoms with E-state index in [0.29, 0.717) is 12.2 Å². The van der Waals surface area contributed by atoms with E-state index in [-0.39, 0.29) is 18.4 Å². The second kappa shape index (κ2) is 7.24. The Kier molecular flexibility index (Phi) is 5.93. The Bertz CT molecular complexity index is 356. The van der Waals surface area contributed by atoms with Crippen molar-refractivity contribution in [3.63, 3.8) is 0 Å². The van der Waals surface area contributed by atoms with Gasteiger partial charge in [0.15, 0.2) is 5.69 Å². The van der Waals surface area contributed by atoms with Crippen LogP contribution in [0.4, 0.5) is 0 Å². The van der Waals surface area contributed by atoms with Crippen LogP contribution in [0.5, 0.6) is 0 Å². The van der Waals surface area contributed by atoms with Gasteiger partial charge in [-0.25, -0.2) is 0 Å². The summed E-state index contributed by atoms with van der Waals surface area (Å²) in [4.78, 5) is 11.4. The van der Waals surface area contributed by atoms with Gasteiger partial charge >= 0.3 is 0 Å². The van der Waals surface area contributed by atoms with Gasteiger partial charge in [-0.15, -0.1) is 22.0 Å². The summed E-state index contributed by atoms with van der Waals surface area (Å²) < 4.78 is 0. The van der Waals surface area contributed by atoms with Gasteiger partial charge in [-0.1, -0.05) is 6.92 Å². The number of nitrogens with zero attached hydrogens (tertiary/aromatic N) is 2. The summed E-state index contributed by atoms with van der Waals surface area (Å²) in [5, 5.41) is 20.1. The van der Waals surface area contributed by atoms with Crippen molar-refractivity contribution in [2.45, 2.75) is 18.9 Å². The predicted octanol–water partition coefficient (Wildman–Crippen LogP) is 0.947. The maximum atomic E-state index is 11.4. The number of aliphatic hydroxyl groups excluding tert-OH is 1. The first kappa shape index (κ1) is 13.9. The zero-order valence-corrected chi connectivity index (χ0v) is 10.8. The van der Waals surface area contributed by atoms with Crippen molar-refractivity contribution >= 4 is 17.7 Å². The highest BCUT2D eigenvalue weighted by Gasteiger charge is 2.07. The van der Waals surface area contributed by atoms with E-state index in [1.807, 2.05) is 13.8 Å². The molecule has 17 heavy (non-hydrogen) atoms. The van der Waals surface area contributed by atoms with Crippen molar-refractivity contribution < 1.29 is 9.90 Å². The molecule has 0 saturated carbocycles.